The Balaban J connectivity index is 1.37. The van der Waals surface area contributed by atoms with Crippen molar-refractivity contribution in [1.82, 2.24) is 9.62 Å². The molecule has 1 fully saturated rings. The van der Waals surface area contributed by atoms with Crippen LogP contribution in [0, 0.1) is 0 Å². The van der Waals surface area contributed by atoms with Crippen molar-refractivity contribution in [3.05, 3.63) is 42.5 Å². The molecule has 11 heteroatoms. The van der Waals surface area contributed by atoms with Gasteiger partial charge in [0.1, 0.15) is 13.2 Å². The molecule has 2 aromatic rings. The van der Waals surface area contributed by atoms with Crippen molar-refractivity contribution in [2.75, 3.05) is 56.7 Å². The van der Waals surface area contributed by atoms with Crippen LogP contribution in [0.3, 0.4) is 0 Å². The van der Waals surface area contributed by atoms with Gasteiger partial charge in [0.05, 0.1) is 18.0 Å². The fourth-order valence-electron chi connectivity index (χ4n) is 3.47. The summed E-state index contributed by atoms with van der Waals surface area (Å²) < 4.78 is 37.6. The average molecular weight is 461 g/mol. The first kappa shape index (κ1) is 21.9. The number of fused-ring (bicyclic) bond motifs is 1. The molecule has 10 nitrogen and oxygen atoms in total. The van der Waals surface area contributed by atoms with Crippen molar-refractivity contribution in [1.29, 1.82) is 0 Å². The number of rotatable bonds is 6. The van der Waals surface area contributed by atoms with Gasteiger partial charge in [-0.25, -0.2) is 8.42 Å². The van der Waals surface area contributed by atoms with Crippen LogP contribution >= 0.6 is 0 Å². The first-order valence-electron chi connectivity index (χ1n) is 10.1. The van der Waals surface area contributed by atoms with E-state index >= 15 is 0 Å². The van der Waals surface area contributed by atoms with Crippen LogP contribution in [0.2, 0.25) is 0 Å². The number of hydrogen-bond donors (Lipinski definition) is 2. The van der Waals surface area contributed by atoms with Crippen LogP contribution in [0.5, 0.6) is 11.5 Å². The lowest BCUT2D eigenvalue weighted by Gasteiger charge is -2.28. The SMILES string of the molecule is CN(CC(=O)Nc1ccc(N2CCNC(=O)C2)cc1)S(=O)(=O)c1ccc2c(c1)OCCO2. The van der Waals surface area contributed by atoms with Gasteiger partial charge >= 0.3 is 0 Å². The molecule has 0 saturated carbocycles. The second-order valence-corrected chi connectivity index (χ2v) is 9.48. The number of hydrogen-bond acceptors (Lipinski definition) is 7. The van der Waals surface area contributed by atoms with Gasteiger partial charge in [-0.1, -0.05) is 0 Å². The van der Waals surface area contributed by atoms with E-state index in [4.69, 9.17) is 9.47 Å². The fraction of sp³-hybridized carbons (Fsp3) is 0.333. The maximum Gasteiger partial charge on any atom is 0.243 e. The number of carbonyl (C=O) groups is 2. The third kappa shape index (κ3) is 4.78. The maximum atomic E-state index is 12.9. The maximum absolute atomic E-state index is 12.9. The van der Waals surface area contributed by atoms with Crippen LogP contribution < -0.4 is 25.0 Å². The summed E-state index contributed by atoms with van der Waals surface area (Å²) in [5, 5.41) is 5.47. The van der Waals surface area contributed by atoms with E-state index in [0.29, 0.717) is 43.5 Å². The molecule has 0 aromatic heterocycles. The van der Waals surface area contributed by atoms with Crippen molar-refractivity contribution in [3.8, 4) is 11.5 Å². The van der Waals surface area contributed by atoms with E-state index in [1.165, 1.54) is 19.2 Å². The van der Waals surface area contributed by atoms with Gasteiger partial charge in [-0.2, -0.15) is 4.31 Å². The summed E-state index contributed by atoms with van der Waals surface area (Å²) in [6, 6.07) is 11.4. The van der Waals surface area contributed by atoms with Gasteiger partial charge in [-0.3, -0.25) is 9.59 Å². The molecule has 2 aliphatic heterocycles. The van der Waals surface area contributed by atoms with Crippen LogP contribution in [0.25, 0.3) is 0 Å². The minimum atomic E-state index is -3.89. The molecule has 1 saturated heterocycles. The number of likely N-dealkylation sites (N-methyl/N-ethyl adjacent to an activating group) is 1. The van der Waals surface area contributed by atoms with Gasteiger partial charge < -0.3 is 25.0 Å². The minimum Gasteiger partial charge on any atom is -0.486 e. The quantitative estimate of drug-likeness (QED) is 0.650. The molecule has 0 atom stereocenters. The number of amides is 2. The smallest absolute Gasteiger partial charge is 0.243 e. The summed E-state index contributed by atoms with van der Waals surface area (Å²) in [4.78, 5) is 25.9. The Kier molecular flexibility index (Phi) is 6.19. The Morgan fingerprint density at radius 3 is 2.56 bits per heavy atom. The van der Waals surface area contributed by atoms with E-state index in [-0.39, 0.29) is 23.9 Å². The third-order valence-corrected chi connectivity index (χ3v) is 6.94. The highest BCUT2D eigenvalue weighted by molar-refractivity contribution is 7.89. The molecule has 0 spiro atoms. The highest BCUT2D eigenvalue weighted by Crippen LogP contribution is 2.33. The van der Waals surface area contributed by atoms with Crippen LogP contribution in [0.1, 0.15) is 0 Å². The van der Waals surface area contributed by atoms with Crippen molar-refractivity contribution in [2.45, 2.75) is 4.90 Å². The van der Waals surface area contributed by atoms with Gasteiger partial charge in [0.15, 0.2) is 11.5 Å². The Morgan fingerprint density at radius 2 is 1.84 bits per heavy atom. The van der Waals surface area contributed by atoms with Crippen molar-refractivity contribution < 1.29 is 27.5 Å². The normalized spacial score (nSPS) is 15.9. The fourth-order valence-corrected chi connectivity index (χ4v) is 4.61. The van der Waals surface area contributed by atoms with Crippen LogP contribution in [0.15, 0.2) is 47.4 Å². The number of ether oxygens (including phenoxy) is 2. The molecular formula is C21H24N4O6S. The molecule has 2 aliphatic rings. The molecule has 0 aliphatic carbocycles. The molecule has 2 amide bonds. The Bertz CT molecular complexity index is 1120. The number of carbonyl (C=O) groups excluding carboxylic acids is 2. The molecule has 2 heterocycles. The number of sulfonamides is 1. The summed E-state index contributed by atoms with van der Waals surface area (Å²) in [6.45, 7) is 1.98. The monoisotopic (exact) mass is 460 g/mol. The summed E-state index contributed by atoms with van der Waals surface area (Å²) in [6.07, 6.45) is 0. The molecule has 4 rings (SSSR count). The third-order valence-electron chi connectivity index (χ3n) is 5.14. The summed E-state index contributed by atoms with van der Waals surface area (Å²) >= 11 is 0. The topological polar surface area (TPSA) is 117 Å². The second kappa shape index (κ2) is 9.05. The molecule has 2 aromatic carbocycles. The number of anilines is 2. The number of piperazine rings is 1. The molecule has 32 heavy (non-hydrogen) atoms. The largest absolute Gasteiger partial charge is 0.486 e. The van der Waals surface area contributed by atoms with E-state index < -0.39 is 15.9 Å². The number of nitrogens with zero attached hydrogens (tertiary/aromatic N) is 2. The molecule has 2 N–H and O–H groups in total. The standard InChI is InChI=1S/C21H24N4O6S/c1-24(32(28,29)17-6-7-18-19(12-17)31-11-10-30-18)13-21(27)23-15-2-4-16(5-3-15)25-9-8-22-20(26)14-25/h2-7,12H,8-11,13-14H2,1H3,(H,22,26)(H,23,27). The predicted octanol–water partition coefficient (Wildman–Crippen LogP) is 0.653. The highest BCUT2D eigenvalue weighted by Gasteiger charge is 2.25. The molecule has 0 bridgehead atoms. The average Bonchev–Trinajstić information content (AvgIpc) is 2.79. The van der Waals surface area contributed by atoms with E-state index in [9.17, 15) is 18.0 Å². The van der Waals surface area contributed by atoms with Crippen LogP contribution in [-0.2, 0) is 19.6 Å². The lowest BCUT2D eigenvalue weighted by Crippen LogP contribution is -2.47. The van der Waals surface area contributed by atoms with Crippen LogP contribution in [0.4, 0.5) is 11.4 Å². The van der Waals surface area contributed by atoms with Crippen molar-refractivity contribution in [3.63, 3.8) is 0 Å². The van der Waals surface area contributed by atoms with E-state index in [2.05, 4.69) is 10.6 Å². The predicted molar refractivity (Wildman–Crippen MR) is 118 cm³/mol. The lowest BCUT2D eigenvalue weighted by atomic mass is 10.2. The molecule has 0 radical (unpaired) electrons. The van der Waals surface area contributed by atoms with Crippen molar-refractivity contribution >= 4 is 33.2 Å². The number of nitrogens with one attached hydrogen (secondary N) is 2. The Morgan fingerprint density at radius 1 is 1.12 bits per heavy atom. The van der Waals surface area contributed by atoms with Crippen LogP contribution in [-0.4, -0.2) is 71.0 Å². The molecular weight excluding hydrogens is 436 g/mol. The van der Waals surface area contributed by atoms with E-state index in [0.717, 1.165) is 9.99 Å². The van der Waals surface area contributed by atoms with Gasteiger partial charge in [-0.05, 0) is 36.4 Å². The Labute approximate surface area is 186 Å². The first-order valence-corrected chi connectivity index (χ1v) is 11.5. The van der Waals surface area contributed by atoms with Gasteiger partial charge in [-0.15, -0.1) is 0 Å². The highest BCUT2D eigenvalue weighted by atomic mass is 32.2. The lowest BCUT2D eigenvalue weighted by molar-refractivity contribution is -0.120. The summed E-state index contributed by atoms with van der Waals surface area (Å²) in [5.41, 5.74) is 1.40. The van der Waals surface area contributed by atoms with Gasteiger partial charge in [0.25, 0.3) is 0 Å². The number of benzene rings is 2. The summed E-state index contributed by atoms with van der Waals surface area (Å²) in [5.74, 6) is 0.347. The zero-order valence-electron chi connectivity index (χ0n) is 17.5. The van der Waals surface area contributed by atoms with Gasteiger partial charge in [0.2, 0.25) is 21.8 Å². The minimum absolute atomic E-state index is 0.0203. The molecule has 170 valence electrons. The van der Waals surface area contributed by atoms with Crippen molar-refractivity contribution in [2.24, 2.45) is 0 Å². The van der Waals surface area contributed by atoms with E-state index in [1.54, 1.807) is 18.2 Å². The van der Waals surface area contributed by atoms with E-state index in [1.807, 2.05) is 17.0 Å². The zero-order valence-corrected chi connectivity index (χ0v) is 18.4. The molecule has 0 unspecified atom stereocenters. The Hall–Kier alpha value is -3.31. The second-order valence-electron chi connectivity index (χ2n) is 7.43. The van der Waals surface area contributed by atoms with Gasteiger partial charge in [0, 0.05) is 37.6 Å². The summed E-state index contributed by atoms with van der Waals surface area (Å²) in [7, 11) is -2.55. The first-order chi connectivity index (χ1) is 15.3. The zero-order chi connectivity index (χ0) is 22.7.